The quantitative estimate of drug-likeness (QED) is 0.185. The average Bonchev–Trinajstić information content (AvgIpc) is 3.94. The first-order valence-corrected chi connectivity index (χ1v) is 18.7. The predicted molar refractivity (Wildman–Crippen MR) is 218 cm³/mol. The van der Waals surface area contributed by atoms with Gasteiger partial charge >= 0.3 is 0 Å². The number of anilines is 3. The first-order valence-electron chi connectivity index (χ1n) is 17.9. The number of furan rings is 1. The molecule has 0 bridgehead atoms. The number of rotatable bonds is 3. The van der Waals surface area contributed by atoms with Gasteiger partial charge in [0.2, 0.25) is 0 Å². The van der Waals surface area contributed by atoms with Crippen molar-refractivity contribution in [3.8, 4) is 22.3 Å². The third-order valence-electron chi connectivity index (χ3n) is 11.5. The zero-order valence-electron chi connectivity index (χ0n) is 28.0. The maximum absolute atomic E-state index is 6.33. The van der Waals surface area contributed by atoms with Crippen molar-refractivity contribution in [2.24, 2.45) is 0 Å². The van der Waals surface area contributed by atoms with Crippen LogP contribution in [0.2, 0.25) is 0 Å². The number of fused-ring (bicyclic) bond motifs is 17. The number of thiophene rings is 1. The van der Waals surface area contributed by atoms with Crippen molar-refractivity contribution in [3.63, 3.8) is 0 Å². The average molecular weight is 680 g/mol. The highest BCUT2D eigenvalue weighted by atomic mass is 32.1. The third-order valence-corrected chi connectivity index (χ3v) is 12.7. The van der Waals surface area contributed by atoms with E-state index in [1.54, 1.807) is 0 Å². The molecule has 1 spiro atoms. The summed E-state index contributed by atoms with van der Waals surface area (Å²) in [6.07, 6.45) is 0. The molecule has 10 aromatic rings. The molecule has 2 nitrogen and oxygen atoms in total. The highest BCUT2D eigenvalue weighted by Gasteiger charge is 2.51. The molecule has 2 aromatic heterocycles. The molecule has 52 heavy (non-hydrogen) atoms. The topological polar surface area (TPSA) is 16.4 Å². The van der Waals surface area contributed by atoms with E-state index in [1.165, 1.54) is 75.8 Å². The fourth-order valence-corrected chi connectivity index (χ4v) is 10.8. The molecule has 0 radical (unpaired) electrons. The van der Waals surface area contributed by atoms with Crippen LogP contribution in [0.3, 0.4) is 0 Å². The molecule has 0 aliphatic heterocycles. The number of hydrogen-bond acceptors (Lipinski definition) is 3. The summed E-state index contributed by atoms with van der Waals surface area (Å²) >= 11 is 1.87. The van der Waals surface area contributed by atoms with Crippen LogP contribution < -0.4 is 4.90 Å². The Kier molecular flexibility index (Phi) is 5.62. The summed E-state index contributed by atoms with van der Waals surface area (Å²) in [4.78, 5) is 2.46. The van der Waals surface area contributed by atoms with Gasteiger partial charge < -0.3 is 9.32 Å². The van der Waals surface area contributed by atoms with Crippen molar-refractivity contribution in [2.45, 2.75) is 5.41 Å². The summed E-state index contributed by atoms with van der Waals surface area (Å²) in [5.41, 5.74) is 15.5. The summed E-state index contributed by atoms with van der Waals surface area (Å²) in [7, 11) is 0. The minimum atomic E-state index is -0.408. The van der Waals surface area contributed by atoms with Gasteiger partial charge in [0, 0.05) is 37.6 Å². The maximum atomic E-state index is 6.33. The number of nitrogens with zero attached hydrogens (tertiary/aromatic N) is 1. The molecule has 3 heteroatoms. The van der Waals surface area contributed by atoms with Gasteiger partial charge in [-0.05, 0) is 93.0 Å². The number of para-hydroxylation sites is 2. The minimum absolute atomic E-state index is 0.408. The van der Waals surface area contributed by atoms with Crippen LogP contribution >= 0.6 is 11.3 Å². The van der Waals surface area contributed by atoms with Crippen LogP contribution in [-0.4, -0.2) is 0 Å². The second kappa shape index (κ2) is 10.3. The molecule has 2 heterocycles. The highest BCUT2D eigenvalue weighted by molar-refractivity contribution is 7.27. The first kappa shape index (κ1) is 28.3. The van der Waals surface area contributed by atoms with Gasteiger partial charge in [0.1, 0.15) is 11.2 Å². The van der Waals surface area contributed by atoms with Crippen molar-refractivity contribution in [2.75, 3.05) is 4.90 Å². The Labute approximate surface area is 304 Å². The van der Waals surface area contributed by atoms with Gasteiger partial charge in [-0.3, -0.25) is 0 Å². The molecule has 0 atom stereocenters. The van der Waals surface area contributed by atoms with E-state index < -0.39 is 5.41 Å². The van der Waals surface area contributed by atoms with Crippen molar-refractivity contribution in [3.05, 3.63) is 198 Å². The molecule has 0 saturated heterocycles. The summed E-state index contributed by atoms with van der Waals surface area (Å²) in [6.45, 7) is 0. The smallest absolute Gasteiger partial charge is 0.136 e. The lowest BCUT2D eigenvalue weighted by Crippen LogP contribution is -2.26. The number of hydrogen-bond donors (Lipinski definition) is 0. The lowest BCUT2D eigenvalue weighted by molar-refractivity contribution is 0.669. The zero-order valence-corrected chi connectivity index (χ0v) is 28.8. The second-order valence-corrected chi connectivity index (χ2v) is 15.0. The molecule has 2 aliphatic carbocycles. The summed E-state index contributed by atoms with van der Waals surface area (Å²) in [5.74, 6) is 0. The van der Waals surface area contributed by atoms with Crippen LogP contribution in [0.25, 0.3) is 64.4 Å². The second-order valence-electron chi connectivity index (χ2n) is 14.0. The largest absolute Gasteiger partial charge is 0.456 e. The molecule has 12 rings (SSSR count). The monoisotopic (exact) mass is 679 g/mol. The molecular weight excluding hydrogens is 651 g/mol. The van der Waals surface area contributed by atoms with Crippen molar-refractivity contribution >= 4 is 70.5 Å². The number of benzene rings is 8. The molecule has 8 aromatic carbocycles. The van der Waals surface area contributed by atoms with Gasteiger partial charge in [-0.2, -0.15) is 0 Å². The predicted octanol–water partition coefficient (Wildman–Crippen LogP) is 13.8. The van der Waals surface area contributed by atoms with Gasteiger partial charge in [0.05, 0.1) is 15.8 Å². The Balaban J connectivity index is 1.15. The van der Waals surface area contributed by atoms with E-state index in [4.69, 9.17) is 4.42 Å². The Morgan fingerprint density at radius 2 is 1.00 bits per heavy atom. The minimum Gasteiger partial charge on any atom is -0.456 e. The van der Waals surface area contributed by atoms with Crippen LogP contribution in [-0.2, 0) is 5.41 Å². The van der Waals surface area contributed by atoms with Crippen LogP contribution in [0, 0.1) is 0 Å². The Morgan fingerprint density at radius 1 is 0.404 bits per heavy atom. The van der Waals surface area contributed by atoms with Crippen molar-refractivity contribution in [1.82, 2.24) is 0 Å². The fraction of sp³-hybridized carbons (Fsp3) is 0.0204. The van der Waals surface area contributed by atoms with Gasteiger partial charge in [-0.15, -0.1) is 11.3 Å². The SMILES string of the molecule is c1ccc(N(c2ccc3c(c2)C2(c4ccccc4-c4ccccc42)c2ccccc2-3)c2cccc3c2sc2c3ccc3oc4ccccc4c32)cc1. The van der Waals surface area contributed by atoms with E-state index >= 15 is 0 Å². The van der Waals surface area contributed by atoms with Crippen LogP contribution in [0.5, 0.6) is 0 Å². The molecule has 0 N–H and O–H groups in total. The normalized spacial score (nSPS) is 13.5. The Hall–Kier alpha value is -6.42. The van der Waals surface area contributed by atoms with Crippen LogP contribution in [0.1, 0.15) is 22.3 Å². The van der Waals surface area contributed by atoms with E-state index in [0.717, 1.165) is 27.9 Å². The van der Waals surface area contributed by atoms with E-state index in [1.807, 2.05) is 17.4 Å². The molecule has 242 valence electrons. The van der Waals surface area contributed by atoms with Gasteiger partial charge in [0.15, 0.2) is 0 Å². The zero-order chi connectivity index (χ0) is 34.0. The first-order chi connectivity index (χ1) is 25.8. The van der Waals surface area contributed by atoms with E-state index in [0.29, 0.717) is 0 Å². The molecule has 2 aliphatic rings. The lowest BCUT2D eigenvalue weighted by Gasteiger charge is -2.32. The van der Waals surface area contributed by atoms with Gasteiger partial charge in [0.25, 0.3) is 0 Å². The Bertz CT molecular complexity index is 3030. The van der Waals surface area contributed by atoms with Gasteiger partial charge in [-0.25, -0.2) is 0 Å². The van der Waals surface area contributed by atoms with Crippen molar-refractivity contribution < 1.29 is 4.42 Å². The molecule has 0 fully saturated rings. The molecule has 0 unspecified atom stereocenters. The van der Waals surface area contributed by atoms with E-state index in [2.05, 4.69) is 175 Å². The Morgan fingerprint density at radius 3 is 1.73 bits per heavy atom. The van der Waals surface area contributed by atoms with E-state index in [-0.39, 0.29) is 0 Å². The fourth-order valence-electron chi connectivity index (χ4n) is 9.45. The lowest BCUT2D eigenvalue weighted by atomic mass is 9.70. The maximum Gasteiger partial charge on any atom is 0.136 e. The summed E-state index contributed by atoms with van der Waals surface area (Å²) < 4.78 is 8.86. The molecule has 0 saturated carbocycles. The third kappa shape index (κ3) is 3.53. The molecule has 0 amide bonds. The molecular formula is C49H29NOS. The standard InChI is InChI=1S/C49H29NOS/c1-2-13-30(14-3-1)50(43-23-12-19-36-37-27-28-45-46(48(37)52-47(36)43)38-18-7-11-24-44(38)51-45)31-25-26-35-34-17-6-10-22-41(34)49(42(35)29-31)39-20-8-4-15-32(39)33-16-5-9-21-40(33)49/h1-29H. The highest BCUT2D eigenvalue weighted by Crippen LogP contribution is 2.63. The van der Waals surface area contributed by atoms with Crippen molar-refractivity contribution in [1.29, 1.82) is 0 Å². The summed E-state index contributed by atoms with van der Waals surface area (Å²) in [6, 6.07) is 64.6. The van der Waals surface area contributed by atoms with Gasteiger partial charge in [-0.1, -0.05) is 127 Å². The summed E-state index contributed by atoms with van der Waals surface area (Å²) in [5, 5.41) is 4.88. The van der Waals surface area contributed by atoms with Crippen LogP contribution in [0.4, 0.5) is 17.1 Å². The van der Waals surface area contributed by atoms with Crippen LogP contribution in [0.15, 0.2) is 180 Å². The van der Waals surface area contributed by atoms with E-state index in [9.17, 15) is 0 Å².